The minimum absolute atomic E-state index is 0. The summed E-state index contributed by atoms with van der Waals surface area (Å²) in [7, 11) is 0. The fourth-order valence-electron chi connectivity index (χ4n) is 2.32. The van der Waals surface area contributed by atoms with Gasteiger partial charge in [-0.2, -0.15) is 0 Å². The van der Waals surface area contributed by atoms with Gasteiger partial charge in [0, 0.05) is 5.56 Å². The largest absolute Gasteiger partial charge is 0.480 e. The topological polar surface area (TPSA) is 130 Å². The van der Waals surface area contributed by atoms with Crippen LogP contribution in [0, 0.1) is 0 Å². The van der Waals surface area contributed by atoms with Gasteiger partial charge in [-0.15, -0.1) is 12.4 Å². The Morgan fingerprint density at radius 2 is 1.41 bits per heavy atom. The number of rotatable bonds is 10. The minimum atomic E-state index is -1.21. The summed E-state index contributed by atoms with van der Waals surface area (Å²) < 4.78 is 0. The van der Waals surface area contributed by atoms with E-state index in [0.717, 1.165) is 25.7 Å². The van der Waals surface area contributed by atoms with Crippen LogP contribution in [0.5, 0.6) is 0 Å². The highest BCUT2D eigenvalue weighted by Crippen LogP contribution is 2.15. The maximum Gasteiger partial charge on any atom is 0.329 e. The van der Waals surface area contributed by atoms with Gasteiger partial charge in [0.25, 0.3) is 5.91 Å². The average Bonchev–Trinajstić information content (AvgIpc) is 2.65. The predicted molar refractivity (Wildman–Crippen MR) is 116 cm³/mol. The number of carboxylic acid groups (broad SMARTS) is 2. The first-order chi connectivity index (χ1) is 13.0. The average molecular weight is 431 g/mol. The molecule has 0 saturated heterocycles. The van der Waals surface area contributed by atoms with Crippen molar-refractivity contribution in [1.82, 2.24) is 5.32 Å². The molecule has 0 unspecified atom stereocenters. The molecule has 0 fully saturated rings. The predicted octanol–water partition coefficient (Wildman–Crippen LogP) is 3.85. The summed E-state index contributed by atoms with van der Waals surface area (Å²) in [5.41, 5.74) is 3.68. The summed E-state index contributed by atoms with van der Waals surface area (Å²) >= 11 is 0. The monoisotopic (exact) mass is 430 g/mol. The van der Waals surface area contributed by atoms with Crippen molar-refractivity contribution >= 4 is 30.3 Å². The molecule has 0 aliphatic carbocycles. The van der Waals surface area contributed by atoms with Crippen molar-refractivity contribution in [1.29, 1.82) is 0 Å². The zero-order chi connectivity index (χ0) is 21.8. The van der Waals surface area contributed by atoms with Crippen molar-refractivity contribution in [3.8, 4) is 0 Å². The highest BCUT2D eigenvalue weighted by Gasteiger charge is 2.34. The van der Waals surface area contributed by atoms with Crippen molar-refractivity contribution in [3.05, 3.63) is 35.9 Å². The molecule has 1 rings (SSSR count). The fraction of sp³-hybridized carbons (Fsp3) is 0.571. The molecule has 0 aliphatic rings. The van der Waals surface area contributed by atoms with Crippen molar-refractivity contribution in [2.24, 2.45) is 5.73 Å². The van der Waals surface area contributed by atoms with Gasteiger partial charge < -0.3 is 21.3 Å². The molecule has 2 atom stereocenters. The number of nitrogens with two attached hydrogens (primary N) is 1. The molecule has 1 aromatic carbocycles. The number of benzene rings is 1. The normalized spacial score (nSPS) is 14.1. The highest BCUT2D eigenvalue weighted by molar-refractivity contribution is 5.97. The van der Waals surface area contributed by atoms with Crippen LogP contribution in [-0.2, 0) is 9.59 Å². The van der Waals surface area contributed by atoms with E-state index in [9.17, 15) is 19.5 Å². The lowest BCUT2D eigenvalue weighted by atomic mass is 9.94. The third-order valence-electron chi connectivity index (χ3n) is 4.47. The van der Waals surface area contributed by atoms with Crippen LogP contribution in [0.15, 0.2) is 30.3 Å². The first-order valence-electron chi connectivity index (χ1n) is 9.63. The van der Waals surface area contributed by atoms with E-state index in [1.807, 2.05) is 19.9 Å². The van der Waals surface area contributed by atoms with Gasteiger partial charge in [-0.3, -0.25) is 9.59 Å². The lowest BCUT2D eigenvalue weighted by molar-refractivity contribution is -0.144. The maximum absolute atomic E-state index is 12.0. The van der Waals surface area contributed by atoms with Gasteiger partial charge >= 0.3 is 11.9 Å². The smallest absolute Gasteiger partial charge is 0.329 e. The van der Waals surface area contributed by atoms with Gasteiger partial charge in [-0.1, -0.05) is 57.7 Å². The SMILES string of the molecule is CCCC[C@@](C)(N)C(=O)O.CCCC[C@@](C)(NC(=O)c1ccccc1)C(=O)O.Cl. The highest BCUT2D eigenvalue weighted by atomic mass is 35.5. The van der Waals surface area contributed by atoms with E-state index in [2.05, 4.69) is 5.32 Å². The summed E-state index contributed by atoms with van der Waals surface area (Å²) in [6.07, 6.45) is 4.50. The fourth-order valence-corrected chi connectivity index (χ4v) is 2.32. The third-order valence-corrected chi connectivity index (χ3v) is 4.47. The number of hydrogen-bond acceptors (Lipinski definition) is 4. The van der Waals surface area contributed by atoms with E-state index < -0.39 is 23.0 Å². The Hall–Kier alpha value is -2.12. The molecular formula is C21H35ClN2O5. The van der Waals surface area contributed by atoms with E-state index in [-0.39, 0.29) is 18.3 Å². The number of carbonyl (C=O) groups excluding carboxylic acids is 1. The van der Waals surface area contributed by atoms with E-state index in [1.165, 1.54) is 0 Å². The van der Waals surface area contributed by atoms with Gasteiger partial charge in [0.1, 0.15) is 11.1 Å². The Kier molecular flexibility index (Phi) is 14.0. The molecule has 0 heterocycles. The molecule has 5 N–H and O–H groups in total. The standard InChI is InChI=1S/C14H19NO3.C7H15NO2.ClH/c1-3-4-10-14(2,13(17)18)15-12(16)11-8-6-5-7-9-11;1-3-4-5-7(2,8)6(9)10;/h5-9H,3-4,10H2,1-2H3,(H,15,16)(H,17,18);3-5,8H2,1-2H3,(H,9,10);1H/t14-;7-;/m11./s1. The number of amides is 1. The summed E-state index contributed by atoms with van der Waals surface area (Å²) in [5.74, 6) is -2.27. The number of carbonyl (C=O) groups is 3. The Morgan fingerprint density at radius 1 is 0.931 bits per heavy atom. The summed E-state index contributed by atoms with van der Waals surface area (Å²) in [4.78, 5) is 33.6. The van der Waals surface area contributed by atoms with Crippen molar-refractivity contribution < 1.29 is 24.6 Å². The second-order valence-corrected chi connectivity index (χ2v) is 7.39. The molecule has 0 spiro atoms. The van der Waals surface area contributed by atoms with Gasteiger partial charge in [0.2, 0.25) is 0 Å². The van der Waals surface area contributed by atoms with Crippen molar-refractivity contribution in [2.45, 2.75) is 77.3 Å². The van der Waals surface area contributed by atoms with Crippen LogP contribution in [0.25, 0.3) is 0 Å². The third kappa shape index (κ3) is 10.9. The number of nitrogens with one attached hydrogen (secondary N) is 1. The van der Waals surface area contributed by atoms with Crippen LogP contribution in [-0.4, -0.2) is 39.1 Å². The molecule has 0 aromatic heterocycles. The van der Waals surface area contributed by atoms with Crippen LogP contribution in [0.2, 0.25) is 0 Å². The quantitative estimate of drug-likeness (QED) is 0.446. The Bertz CT molecular complexity index is 637. The molecule has 166 valence electrons. The van der Waals surface area contributed by atoms with Crippen LogP contribution in [0.4, 0.5) is 0 Å². The van der Waals surface area contributed by atoms with E-state index in [4.69, 9.17) is 10.8 Å². The molecule has 0 aliphatic heterocycles. The van der Waals surface area contributed by atoms with E-state index in [0.29, 0.717) is 18.4 Å². The number of halogens is 1. The molecule has 1 aromatic rings. The minimum Gasteiger partial charge on any atom is -0.480 e. The Labute approximate surface area is 179 Å². The molecule has 0 bridgehead atoms. The van der Waals surface area contributed by atoms with E-state index >= 15 is 0 Å². The van der Waals surface area contributed by atoms with Gasteiger partial charge in [0.15, 0.2) is 0 Å². The van der Waals surface area contributed by atoms with E-state index in [1.54, 1.807) is 38.1 Å². The molecule has 7 nitrogen and oxygen atoms in total. The van der Waals surface area contributed by atoms with Crippen LogP contribution in [0.1, 0.15) is 76.6 Å². The number of aliphatic carboxylic acids is 2. The molecule has 0 radical (unpaired) electrons. The van der Waals surface area contributed by atoms with Crippen LogP contribution >= 0.6 is 12.4 Å². The first kappa shape index (κ1) is 29.1. The zero-order valence-corrected chi connectivity index (χ0v) is 18.6. The van der Waals surface area contributed by atoms with Crippen LogP contribution in [0.3, 0.4) is 0 Å². The van der Waals surface area contributed by atoms with Crippen LogP contribution < -0.4 is 11.1 Å². The van der Waals surface area contributed by atoms with Gasteiger partial charge in [-0.05, 0) is 38.8 Å². The summed E-state index contributed by atoms with van der Waals surface area (Å²) in [5, 5.41) is 20.4. The molecular weight excluding hydrogens is 396 g/mol. The lowest BCUT2D eigenvalue weighted by Gasteiger charge is -2.26. The summed E-state index contributed by atoms with van der Waals surface area (Å²) in [6.45, 7) is 7.09. The summed E-state index contributed by atoms with van der Waals surface area (Å²) in [6, 6.07) is 8.64. The Balaban J connectivity index is 0. The molecule has 29 heavy (non-hydrogen) atoms. The second-order valence-electron chi connectivity index (χ2n) is 7.39. The van der Waals surface area contributed by atoms with Crippen molar-refractivity contribution in [2.75, 3.05) is 0 Å². The van der Waals surface area contributed by atoms with Crippen molar-refractivity contribution in [3.63, 3.8) is 0 Å². The molecule has 1 amide bonds. The number of hydrogen-bond donors (Lipinski definition) is 4. The van der Waals surface area contributed by atoms with Gasteiger partial charge in [0.05, 0.1) is 0 Å². The maximum atomic E-state index is 12.0. The molecule has 8 heteroatoms. The zero-order valence-electron chi connectivity index (χ0n) is 17.7. The Morgan fingerprint density at radius 3 is 1.83 bits per heavy atom. The number of carboxylic acids is 2. The molecule has 0 saturated carbocycles. The lowest BCUT2D eigenvalue weighted by Crippen LogP contribution is -2.52. The van der Waals surface area contributed by atoms with Gasteiger partial charge in [-0.25, -0.2) is 4.79 Å². The second kappa shape index (κ2) is 14.0. The first-order valence-corrected chi connectivity index (χ1v) is 9.63. The number of unbranched alkanes of at least 4 members (excludes halogenated alkanes) is 2.